The lowest BCUT2D eigenvalue weighted by molar-refractivity contribution is 0.626. The average molecular weight is 329 g/mol. The number of anilines is 1. The summed E-state index contributed by atoms with van der Waals surface area (Å²) in [6.07, 6.45) is 0. The van der Waals surface area contributed by atoms with Crippen molar-refractivity contribution in [2.45, 2.75) is 13.0 Å². The number of benzene rings is 2. The SMILES string of the molecule is CC(Nc1c(F)cccc1Br)c1cccc(Cl)c1. The van der Waals surface area contributed by atoms with E-state index < -0.39 is 0 Å². The third-order valence-electron chi connectivity index (χ3n) is 2.67. The van der Waals surface area contributed by atoms with Gasteiger partial charge in [0.1, 0.15) is 5.82 Å². The van der Waals surface area contributed by atoms with Crippen LogP contribution in [0.3, 0.4) is 0 Å². The normalized spacial score (nSPS) is 12.2. The first-order valence-corrected chi connectivity index (χ1v) is 6.71. The minimum absolute atomic E-state index is 0.0306. The van der Waals surface area contributed by atoms with Crippen LogP contribution >= 0.6 is 27.5 Å². The van der Waals surface area contributed by atoms with Gasteiger partial charge >= 0.3 is 0 Å². The van der Waals surface area contributed by atoms with Gasteiger partial charge in [0.15, 0.2) is 0 Å². The summed E-state index contributed by atoms with van der Waals surface area (Å²) in [5, 5.41) is 3.82. The molecular formula is C14H12BrClFN. The zero-order chi connectivity index (χ0) is 13.1. The van der Waals surface area contributed by atoms with Crippen molar-refractivity contribution in [3.63, 3.8) is 0 Å². The van der Waals surface area contributed by atoms with E-state index in [1.54, 1.807) is 12.1 Å². The quantitative estimate of drug-likeness (QED) is 0.794. The summed E-state index contributed by atoms with van der Waals surface area (Å²) in [4.78, 5) is 0. The fraction of sp³-hybridized carbons (Fsp3) is 0.143. The topological polar surface area (TPSA) is 12.0 Å². The Balaban J connectivity index is 2.24. The van der Waals surface area contributed by atoms with Gasteiger partial charge in [-0.15, -0.1) is 0 Å². The van der Waals surface area contributed by atoms with Crippen LogP contribution in [0.2, 0.25) is 5.02 Å². The zero-order valence-corrected chi connectivity index (χ0v) is 12.1. The molecule has 0 spiro atoms. The maximum atomic E-state index is 13.7. The molecule has 1 unspecified atom stereocenters. The lowest BCUT2D eigenvalue weighted by Gasteiger charge is -2.17. The van der Waals surface area contributed by atoms with Crippen LogP contribution in [0.25, 0.3) is 0 Å². The van der Waals surface area contributed by atoms with Crippen LogP contribution in [0, 0.1) is 5.82 Å². The Kier molecular flexibility index (Phi) is 4.25. The summed E-state index contributed by atoms with van der Waals surface area (Å²) in [5.41, 5.74) is 1.47. The highest BCUT2D eigenvalue weighted by molar-refractivity contribution is 9.10. The summed E-state index contributed by atoms with van der Waals surface area (Å²) in [6.45, 7) is 1.96. The van der Waals surface area contributed by atoms with Gasteiger partial charge in [-0.3, -0.25) is 0 Å². The van der Waals surface area contributed by atoms with Crippen LogP contribution in [0.15, 0.2) is 46.9 Å². The van der Waals surface area contributed by atoms with Crippen molar-refractivity contribution in [3.8, 4) is 0 Å². The molecular weight excluding hydrogens is 317 g/mol. The van der Waals surface area contributed by atoms with Crippen LogP contribution in [0.1, 0.15) is 18.5 Å². The molecule has 2 aromatic rings. The lowest BCUT2D eigenvalue weighted by atomic mass is 10.1. The largest absolute Gasteiger partial charge is 0.375 e. The summed E-state index contributed by atoms with van der Waals surface area (Å²) in [7, 11) is 0. The first-order valence-electron chi connectivity index (χ1n) is 5.54. The van der Waals surface area contributed by atoms with E-state index in [4.69, 9.17) is 11.6 Å². The molecule has 0 saturated heterocycles. The maximum absolute atomic E-state index is 13.7. The molecule has 0 fully saturated rings. The number of para-hydroxylation sites is 1. The molecule has 0 saturated carbocycles. The van der Waals surface area contributed by atoms with Crippen molar-refractivity contribution >= 4 is 33.2 Å². The minimum atomic E-state index is -0.279. The van der Waals surface area contributed by atoms with Crippen LogP contribution in [0.4, 0.5) is 10.1 Å². The molecule has 0 bridgehead atoms. The predicted octanol–water partition coefficient (Wildman–Crippen LogP) is 5.41. The molecule has 0 heterocycles. The van der Waals surface area contributed by atoms with Gasteiger partial charge in [-0.1, -0.05) is 29.8 Å². The zero-order valence-electron chi connectivity index (χ0n) is 9.75. The van der Waals surface area contributed by atoms with Crippen molar-refractivity contribution in [2.75, 3.05) is 5.32 Å². The fourth-order valence-electron chi connectivity index (χ4n) is 1.71. The van der Waals surface area contributed by atoms with Crippen LogP contribution < -0.4 is 5.32 Å². The number of halogens is 3. The molecule has 0 aromatic heterocycles. The van der Waals surface area contributed by atoms with Crippen LogP contribution in [0.5, 0.6) is 0 Å². The van der Waals surface area contributed by atoms with Gasteiger partial charge in [-0.25, -0.2) is 4.39 Å². The molecule has 18 heavy (non-hydrogen) atoms. The molecule has 1 atom stereocenters. The number of hydrogen-bond acceptors (Lipinski definition) is 1. The number of nitrogens with one attached hydrogen (secondary N) is 1. The Bertz CT molecular complexity index is 539. The Labute approximate surface area is 119 Å². The first-order chi connectivity index (χ1) is 8.58. The van der Waals surface area contributed by atoms with E-state index >= 15 is 0 Å². The second-order valence-corrected chi connectivity index (χ2v) is 5.31. The fourth-order valence-corrected chi connectivity index (χ4v) is 2.37. The minimum Gasteiger partial charge on any atom is -0.375 e. The highest BCUT2D eigenvalue weighted by atomic mass is 79.9. The monoisotopic (exact) mass is 327 g/mol. The molecule has 2 rings (SSSR count). The van der Waals surface area contributed by atoms with Gasteiger partial charge in [-0.05, 0) is 52.7 Å². The molecule has 1 nitrogen and oxygen atoms in total. The van der Waals surface area contributed by atoms with Gasteiger partial charge in [0.05, 0.1) is 5.69 Å². The average Bonchev–Trinajstić information content (AvgIpc) is 2.34. The van der Waals surface area contributed by atoms with E-state index in [1.165, 1.54) is 6.07 Å². The number of hydrogen-bond donors (Lipinski definition) is 1. The molecule has 4 heteroatoms. The van der Waals surface area contributed by atoms with Crippen LogP contribution in [-0.4, -0.2) is 0 Å². The summed E-state index contributed by atoms with van der Waals surface area (Å²) in [6, 6.07) is 12.4. The summed E-state index contributed by atoms with van der Waals surface area (Å²) >= 11 is 9.28. The summed E-state index contributed by atoms with van der Waals surface area (Å²) in [5.74, 6) is -0.279. The molecule has 94 valence electrons. The Morgan fingerprint density at radius 3 is 2.61 bits per heavy atom. The molecule has 0 amide bonds. The molecule has 1 N–H and O–H groups in total. The number of rotatable bonds is 3. The standard InChI is InChI=1S/C14H12BrClFN/c1-9(10-4-2-5-11(16)8-10)18-14-12(15)6-3-7-13(14)17/h2-9,18H,1H3. The molecule has 0 aliphatic heterocycles. The first kappa shape index (κ1) is 13.4. The molecule has 2 aromatic carbocycles. The van der Waals surface area contributed by atoms with Crippen molar-refractivity contribution in [2.24, 2.45) is 0 Å². The van der Waals surface area contributed by atoms with E-state index in [1.807, 2.05) is 31.2 Å². The Morgan fingerprint density at radius 2 is 1.94 bits per heavy atom. The third-order valence-corrected chi connectivity index (χ3v) is 3.57. The van der Waals surface area contributed by atoms with Gasteiger partial charge in [0.25, 0.3) is 0 Å². The Morgan fingerprint density at radius 1 is 1.22 bits per heavy atom. The molecule has 0 aliphatic carbocycles. The van der Waals surface area contributed by atoms with E-state index in [9.17, 15) is 4.39 Å². The van der Waals surface area contributed by atoms with E-state index in [0.29, 0.717) is 15.2 Å². The van der Waals surface area contributed by atoms with Crippen LogP contribution in [-0.2, 0) is 0 Å². The van der Waals surface area contributed by atoms with E-state index in [0.717, 1.165) is 5.56 Å². The van der Waals surface area contributed by atoms with Gasteiger partial charge in [0.2, 0.25) is 0 Å². The van der Waals surface area contributed by atoms with Gasteiger partial charge in [0, 0.05) is 15.5 Å². The second-order valence-electron chi connectivity index (χ2n) is 4.02. The smallest absolute Gasteiger partial charge is 0.147 e. The van der Waals surface area contributed by atoms with Gasteiger partial charge in [-0.2, -0.15) is 0 Å². The molecule has 0 aliphatic rings. The van der Waals surface area contributed by atoms with E-state index in [-0.39, 0.29) is 11.9 Å². The maximum Gasteiger partial charge on any atom is 0.147 e. The highest BCUT2D eigenvalue weighted by Crippen LogP contribution is 2.29. The van der Waals surface area contributed by atoms with Crippen molar-refractivity contribution < 1.29 is 4.39 Å². The second kappa shape index (κ2) is 5.72. The van der Waals surface area contributed by atoms with E-state index in [2.05, 4.69) is 21.2 Å². The van der Waals surface area contributed by atoms with Crippen molar-refractivity contribution in [3.05, 3.63) is 63.3 Å². The third kappa shape index (κ3) is 3.03. The Hall–Kier alpha value is -1.06. The van der Waals surface area contributed by atoms with Gasteiger partial charge < -0.3 is 5.32 Å². The molecule has 0 radical (unpaired) electrons. The summed E-state index contributed by atoms with van der Waals surface area (Å²) < 4.78 is 14.4. The van der Waals surface area contributed by atoms with Crippen molar-refractivity contribution in [1.82, 2.24) is 0 Å². The lowest BCUT2D eigenvalue weighted by Crippen LogP contribution is -2.08. The van der Waals surface area contributed by atoms with Crippen molar-refractivity contribution in [1.29, 1.82) is 0 Å². The predicted molar refractivity (Wildman–Crippen MR) is 77.6 cm³/mol. The highest BCUT2D eigenvalue weighted by Gasteiger charge is 2.11.